The van der Waals surface area contributed by atoms with Crippen molar-refractivity contribution in [1.82, 2.24) is 0 Å². The lowest BCUT2D eigenvalue weighted by Gasteiger charge is -2.31. The summed E-state index contributed by atoms with van der Waals surface area (Å²) in [4.78, 5) is 0. The first-order valence-electron chi connectivity index (χ1n) is 5.51. The van der Waals surface area contributed by atoms with Crippen LogP contribution in [0.3, 0.4) is 0 Å². The summed E-state index contributed by atoms with van der Waals surface area (Å²) in [5, 5.41) is 10.5. The lowest BCUT2D eigenvalue weighted by molar-refractivity contribution is -0.0164. The molecule has 76 valence electrons. The van der Waals surface area contributed by atoms with Gasteiger partial charge in [-0.3, -0.25) is 0 Å². The topological polar surface area (TPSA) is 33.4 Å². The van der Waals surface area contributed by atoms with E-state index < -0.39 is 5.60 Å². The van der Waals surface area contributed by atoms with Crippen LogP contribution in [0, 0.1) is 11.8 Å². The predicted molar refractivity (Wildman–Crippen MR) is 52.8 cm³/mol. The van der Waals surface area contributed by atoms with E-state index in [9.17, 15) is 5.11 Å². The highest BCUT2D eigenvalue weighted by atomic mass is 16.3. The molecule has 0 radical (unpaired) electrons. The molecule has 1 N–H and O–H groups in total. The molecule has 3 rings (SSSR count). The highest BCUT2D eigenvalue weighted by Crippen LogP contribution is 2.51. The summed E-state index contributed by atoms with van der Waals surface area (Å²) in [7, 11) is 0. The molecule has 2 nitrogen and oxygen atoms in total. The third-order valence-corrected chi connectivity index (χ3v) is 4.00. The molecular formula is C12H16O2. The van der Waals surface area contributed by atoms with Gasteiger partial charge in [0.15, 0.2) is 0 Å². The number of hydrogen-bond acceptors (Lipinski definition) is 2. The second-order valence-corrected chi connectivity index (χ2v) is 4.94. The van der Waals surface area contributed by atoms with Gasteiger partial charge in [0.05, 0.1) is 11.9 Å². The van der Waals surface area contributed by atoms with E-state index in [1.54, 1.807) is 6.26 Å². The summed E-state index contributed by atoms with van der Waals surface area (Å²) < 4.78 is 5.31. The molecule has 2 saturated carbocycles. The van der Waals surface area contributed by atoms with E-state index >= 15 is 0 Å². The van der Waals surface area contributed by atoms with Crippen molar-refractivity contribution in [3.8, 4) is 0 Å². The number of fused-ring (bicyclic) bond motifs is 2. The molecule has 0 spiro atoms. The van der Waals surface area contributed by atoms with Gasteiger partial charge in [0.2, 0.25) is 0 Å². The number of aliphatic hydroxyl groups is 1. The average Bonchev–Trinajstić information content (AvgIpc) is 2.78. The van der Waals surface area contributed by atoms with Crippen molar-refractivity contribution in [3.63, 3.8) is 0 Å². The molecule has 0 saturated heterocycles. The van der Waals surface area contributed by atoms with E-state index in [2.05, 4.69) is 0 Å². The fourth-order valence-electron chi connectivity index (χ4n) is 3.35. The molecular weight excluding hydrogens is 176 g/mol. The Kier molecular flexibility index (Phi) is 1.75. The monoisotopic (exact) mass is 192 g/mol. The lowest BCUT2D eigenvalue weighted by atomic mass is 9.81. The fraction of sp³-hybridized carbons (Fsp3) is 0.667. The van der Waals surface area contributed by atoms with Crippen LogP contribution in [-0.2, 0) is 6.42 Å². The van der Waals surface area contributed by atoms with Crippen LogP contribution in [0.5, 0.6) is 0 Å². The van der Waals surface area contributed by atoms with E-state index in [0.717, 1.165) is 18.1 Å². The number of rotatable bonds is 2. The third kappa shape index (κ3) is 1.21. The minimum atomic E-state index is -0.458. The zero-order valence-corrected chi connectivity index (χ0v) is 8.28. The molecule has 14 heavy (non-hydrogen) atoms. The van der Waals surface area contributed by atoms with Crippen LogP contribution in [0.1, 0.15) is 31.4 Å². The van der Waals surface area contributed by atoms with Crippen molar-refractivity contribution in [3.05, 3.63) is 24.2 Å². The maximum Gasteiger partial charge on any atom is 0.106 e. The van der Waals surface area contributed by atoms with Crippen molar-refractivity contribution in [2.24, 2.45) is 11.8 Å². The molecule has 2 fully saturated rings. The summed E-state index contributed by atoms with van der Waals surface area (Å²) in [6.07, 6.45) is 7.15. The van der Waals surface area contributed by atoms with E-state index in [1.165, 1.54) is 19.3 Å². The average molecular weight is 192 g/mol. The van der Waals surface area contributed by atoms with Gasteiger partial charge in [-0.15, -0.1) is 0 Å². The Morgan fingerprint density at radius 2 is 2.43 bits per heavy atom. The molecule has 2 aliphatic carbocycles. The SMILES string of the molecule is OC1(Cc2ccco2)CC2CCC1C2. The van der Waals surface area contributed by atoms with Crippen LogP contribution >= 0.6 is 0 Å². The van der Waals surface area contributed by atoms with Gasteiger partial charge in [-0.2, -0.15) is 0 Å². The van der Waals surface area contributed by atoms with Crippen molar-refractivity contribution in [1.29, 1.82) is 0 Å². The zero-order chi connectivity index (χ0) is 9.60. The lowest BCUT2D eigenvalue weighted by Crippen LogP contribution is -2.37. The van der Waals surface area contributed by atoms with Crippen LogP contribution in [0.25, 0.3) is 0 Å². The van der Waals surface area contributed by atoms with Gasteiger partial charge in [-0.05, 0) is 49.7 Å². The smallest absolute Gasteiger partial charge is 0.106 e. The Hall–Kier alpha value is -0.760. The maximum absolute atomic E-state index is 10.5. The standard InChI is InChI=1S/C12H16O2/c13-12(8-11-2-1-5-14-11)7-9-3-4-10(12)6-9/h1-2,5,9-10,13H,3-4,6-8H2. The Bertz CT molecular complexity index is 317. The van der Waals surface area contributed by atoms with Crippen molar-refractivity contribution in [2.45, 2.75) is 37.7 Å². The molecule has 0 aliphatic heterocycles. The molecule has 3 unspecified atom stereocenters. The molecule has 0 aromatic carbocycles. The first-order valence-corrected chi connectivity index (χ1v) is 5.51. The highest BCUT2D eigenvalue weighted by Gasteiger charge is 2.50. The molecule has 0 amide bonds. The van der Waals surface area contributed by atoms with Gasteiger partial charge in [-0.1, -0.05) is 0 Å². The Morgan fingerprint density at radius 1 is 1.50 bits per heavy atom. The minimum Gasteiger partial charge on any atom is -0.469 e. The molecule has 3 atom stereocenters. The molecule has 1 aromatic heterocycles. The van der Waals surface area contributed by atoms with Crippen molar-refractivity contribution in [2.75, 3.05) is 0 Å². The van der Waals surface area contributed by atoms with Crippen LogP contribution in [0.4, 0.5) is 0 Å². The van der Waals surface area contributed by atoms with Crippen LogP contribution in [-0.4, -0.2) is 10.7 Å². The second-order valence-electron chi connectivity index (χ2n) is 4.94. The predicted octanol–water partition coefficient (Wildman–Crippen LogP) is 2.37. The molecule has 2 heteroatoms. The molecule has 1 heterocycles. The van der Waals surface area contributed by atoms with Crippen molar-refractivity contribution >= 4 is 0 Å². The normalized spacial score (nSPS) is 40.6. The first-order chi connectivity index (χ1) is 6.76. The van der Waals surface area contributed by atoms with Gasteiger partial charge in [0.25, 0.3) is 0 Å². The first kappa shape index (κ1) is 8.54. The third-order valence-electron chi connectivity index (χ3n) is 4.00. The summed E-state index contributed by atoms with van der Waals surface area (Å²) in [6.45, 7) is 0. The Morgan fingerprint density at radius 3 is 3.00 bits per heavy atom. The minimum absolute atomic E-state index is 0.458. The van der Waals surface area contributed by atoms with E-state index in [-0.39, 0.29) is 0 Å². The van der Waals surface area contributed by atoms with E-state index in [0.29, 0.717) is 12.3 Å². The highest BCUT2D eigenvalue weighted by molar-refractivity contribution is 5.09. The van der Waals surface area contributed by atoms with Crippen molar-refractivity contribution < 1.29 is 9.52 Å². The largest absolute Gasteiger partial charge is 0.469 e. The fourth-order valence-corrected chi connectivity index (χ4v) is 3.35. The van der Waals surface area contributed by atoms with Gasteiger partial charge in [0.1, 0.15) is 5.76 Å². The Balaban J connectivity index is 1.78. The maximum atomic E-state index is 10.5. The van der Waals surface area contributed by atoms with Crippen LogP contribution in [0.15, 0.2) is 22.8 Å². The van der Waals surface area contributed by atoms with Gasteiger partial charge >= 0.3 is 0 Å². The van der Waals surface area contributed by atoms with Crippen LogP contribution in [0.2, 0.25) is 0 Å². The van der Waals surface area contributed by atoms with E-state index in [1.807, 2.05) is 12.1 Å². The molecule has 2 bridgehead atoms. The summed E-state index contributed by atoms with van der Waals surface area (Å²) >= 11 is 0. The number of furan rings is 1. The summed E-state index contributed by atoms with van der Waals surface area (Å²) in [6, 6.07) is 3.86. The summed E-state index contributed by atoms with van der Waals surface area (Å²) in [5.74, 6) is 2.23. The van der Waals surface area contributed by atoms with E-state index in [4.69, 9.17) is 4.42 Å². The zero-order valence-electron chi connectivity index (χ0n) is 8.28. The summed E-state index contributed by atoms with van der Waals surface area (Å²) in [5.41, 5.74) is -0.458. The van der Waals surface area contributed by atoms with Gasteiger partial charge in [0, 0.05) is 6.42 Å². The quantitative estimate of drug-likeness (QED) is 0.780. The van der Waals surface area contributed by atoms with Gasteiger partial charge < -0.3 is 9.52 Å². The van der Waals surface area contributed by atoms with Gasteiger partial charge in [-0.25, -0.2) is 0 Å². The molecule has 2 aliphatic rings. The second kappa shape index (κ2) is 2.86. The number of hydrogen-bond donors (Lipinski definition) is 1. The Labute approximate surface area is 83.9 Å². The molecule has 1 aromatic rings. The van der Waals surface area contributed by atoms with Crippen LogP contribution < -0.4 is 0 Å².